The highest BCUT2D eigenvalue weighted by Gasteiger charge is 0.859. The first-order valence-electron chi connectivity index (χ1n) is 4.47. The van der Waals surface area contributed by atoms with Crippen molar-refractivity contribution in [2.45, 2.75) is 0 Å². The lowest BCUT2D eigenvalue weighted by atomic mass is 11.8. The van der Waals surface area contributed by atoms with Crippen LogP contribution >= 0.6 is 0 Å². The number of hydrogen-bond donors (Lipinski definition) is 100. The Morgan fingerprint density at radius 2 is 0.0364 bits per heavy atom. The zero-order valence-electron chi connectivity index (χ0n) is 78.1. The Balaban J connectivity index is -0.0000000000945. The summed E-state index contributed by atoms with van der Waals surface area (Å²) in [6, 6.07) is 0. The largest absolute Gasteiger partial charge is 0.400 e. The highest BCUT2D eigenvalue weighted by atomic mass is 16.2. The average Bonchev–Trinajstić information content (AvgIpc) is 2.71. The fraction of sp³-hybridized carbons (Fsp3) is 1.00. The Hall–Kier alpha value is -4.00. The summed E-state index contributed by atoms with van der Waals surface area (Å²) in [5.74, 6) is 0. The smallest absolute Gasteiger partial charge is 0.0319 e. The molecule has 0 spiro atoms. The summed E-state index contributed by atoms with van der Waals surface area (Å²) >= 11 is 0. The quantitative estimate of drug-likeness (QED) is 0.107. The summed E-state index contributed by atoms with van der Waals surface area (Å²) in [4.78, 5) is 0. The zero-order chi connectivity index (χ0) is 20.0. The summed E-state index contributed by atoms with van der Waals surface area (Å²) in [6.07, 6.45) is 0. The molecule has 0 bridgehead atoms. The van der Waals surface area contributed by atoms with Gasteiger partial charge in [0.05, 0.1) is 0 Å². The van der Waals surface area contributed by atoms with Crippen LogP contribution in [0.15, 0.2) is 0 Å². The van der Waals surface area contributed by atoms with Crippen molar-refractivity contribution in [2.24, 2.45) is 0 Å². The van der Waals surface area contributed by atoms with Crippen LogP contribution in [0.1, 0.15) is 0 Å². The number of aliphatic hydroxyl groups is 10. The molecule has 0 unspecified atom stereocenters. The van der Waals surface area contributed by atoms with Gasteiger partial charge >= 0.3 is 0 Å². The monoisotopic (exact) mass is 1850 g/mol. The molecular formula is C10H310N90O10. The molecule has 0 fully saturated rings. The molecule has 0 atom stereocenters. The first-order chi connectivity index (χ1) is 10.0. The molecule has 0 aliphatic carbocycles. The minimum absolute atomic E-state index is 0. The van der Waals surface area contributed by atoms with Gasteiger partial charge in [0.25, 0.3) is 0 Å². The Kier molecular flexibility index (Phi) is 20900000. The lowest BCUT2D eigenvalue weighted by Crippen LogP contribution is -1.25. The van der Waals surface area contributed by atoms with E-state index in [2.05, 4.69) is 0 Å². The van der Waals surface area contributed by atoms with E-state index in [0.29, 0.717) is 0 Å². The van der Waals surface area contributed by atoms with E-state index < -0.39 is 0 Å². The molecule has 0 aliphatic rings. The SMILES string of the molecule is CO.CO.CO.CO.CO.CO.CO.CO.CO.CO.N.N.N.N.N.N.N.N.N.N.N.N.N.N.N.N.N.N.N.N.N.N.N.N.N.N.N.N.N.N.N.N.N.N.N.N.N.N.N.N.N.N.N.N.N.N.N.N.N.N.N.N.N.N.N.N.N.N.N.N.N.N.N.N.N.N.N.N.N.N.N.N.N.N.N.N.N.N.N.N.N.N.N.N.N.N.N.N.N.N. The summed E-state index contributed by atoms with van der Waals surface area (Å²) in [5.41, 5.74) is 0. The van der Waals surface area contributed by atoms with Gasteiger partial charge < -0.3 is 605 Å². The van der Waals surface area contributed by atoms with Crippen LogP contribution in [-0.4, -0.2) is 122 Å². The Bertz CT molecular complexity index is 95.2. The lowest BCUT2D eigenvalue weighted by Gasteiger charge is -1.21. The Morgan fingerprint density at radius 1 is 0.0364 bits per heavy atom. The van der Waals surface area contributed by atoms with Gasteiger partial charge in [-0.2, -0.15) is 0 Å². The minimum Gasteiger partial charge on any atom is -0.400 e. The van der Waals surface area contributed by atoms with Crippen LogP contribution in [0.25, 0.3) is 0 Å². The topological polar surface area (TPSA) is 3350 Å². The van der Waals surface area contributed by atoms with E-state index in [1.807, 2.05) is 0 Å². The van der Waals surface area contributed by atoms with Crippen LogP contribution in [0.3, 0.4) is 0 Å². The van der Waals surface area contributed by atoms with Crippen LogP contribution in [0.2, 0.25) is 0 Å². The molecule has 100 heteroatoms. The molecule has 0 saturated heterocycles. The van der Waals surface area contributed by atoms with Crippen molar-refractivity contribution >= 4 is 0 Å². The van der Waals surface area contributed by atoms with Crippen LogP contribution in [-0.2, 0) is 0 Å². The second-order valence-corrected chi connectivity index (χ2v) is 0. The van der Waals surface area contributed by atoms with Gasteiger partial charge in [-0.1, -0.05) is 0 Å². The molecule has 0 saturated carbocycles. The number of aliphatic hydroxyl groups excluding tert-OH is 10. The molecule has 0 aromatic heterocycles. The van der Waals surface area contributed by atoms with E-state index in [-0.39, 0.29) is 554 Å². The molecule has 0 aromatic rings. The predicted molar refractivity (Wildman–Crippen MR) is 533 cm³/mol. The van der Waals surface area contributed by atoms with Gasteiger partial charge in [0, 0.05) is 71.1 Å². The van der Waals surface area contributed by atoms with Gasteiger partial charge in [0.15, 0.2) is 0 Å². The molecule has 100 nitrogen and oxygen atoms in total. The second kappa shape index (κ2) is 71000. The van der Waals surface area contributed by atoms with Gasteiger partial charge in [-0.3, -0.25) is 0 Å². The molecule has 110 heavy (non-hydrogen) atoms. The fourth-order valence-electron chi connectivity index (χ4n) is 0. The van der Waals surface area contributed by atoms with Crippen LogP contribution < -0.4 is 554 Å². The Morgan fingerprint density at radius 3 is 0.0364 bits per heavy atom. The van der Waals surface area contributed by atoms with E-state index in [1.165, 1.54) is 0 Å². The molecule has 860 valence electrons. The molecule has 0 aliphatic heterocycles. The van der Waals surface area contributed by atoms with Gasteiger partial charge in [0.1, 0.15) is 0 Å². The first kappa shape index (κ1) is 32500. The standard InChI is InChI=1S/10CH4O.90H3N/c10*1-2;;;;;;;;;;;;;;;;;;;;;;;;;;;;;;;;;;;;;;;;;;;;;;;;;;;;;;;;;;;;;;;;;;;;;;;;;;;;;;;;;;;;;;;;;;/h10*2H,1H3;90*1H3. The average molecular weight is 1850 g/mol. The maximum atomic E-state index is 7.00. The minimum atomic E-state index is 0. The van der Waals surface area contributed by atoms with Gasteiger partial charge in [-0.05, 0) is 0 Å². The third-order valence-electron chi connectivity index (χ3n) is 0. The van der Waals surface area contributed by atoms with Crippen molar-refractivity contribution in [3.05, 3.63) is 0 Å². The maximum Gasteiger partial charge on any atom is 0.0319 e. The van der Waals surface area contributed by atoms with Crippen LogP contribution in [0.5, 0.6) is 0 Å². The van der Waals surface area contributed by atoms with Crippen molar-refractivity contribution in [3.8, 4) is 0 Å². The van der Waals surface area contributed by atoms with Crippen molar-refractivity contribution in [1.82, 2.24) is 554 Å². The second-order valence-electron chi connectivity index (χ2n) is 0. The third kappa shape index (κ3) is 69000. The predicted octanol–water partition coefficient (Wildman–Crippen LogP) is 10.7. The van der Waals surface area contributed by atoms with Crippen molar-refractivity contribution in [1.29, 1.82) is 0 Å². The highest BCUT2D eigenvalue weighted by Crippen LogP contribution is 0.774. The lowest BCUT2D eigenvalue weighted by molar-refractivity contribution is 0.399. The fourth-order valence-corrected chi connectivity index (χ4v) is 0. The number of hydrogen-bond acceptors (Lipinski definition) is 100. The van der Waals surface area contributed by atoms with Crippen LogP contribution in [0.4, 0.5) is 0 Å². The summed E-state index contributed by atoms with van der Waals surface area (Å²) in [5, 5.41) is 70.0. The van der Waals surface area contributed by atoms with Gasteiger partial charge in [-0.15, -0.1) is 0 Å². The molecule has 0 aromatic carbocycles. The molecule has 0 heterocycles. The van der Waals surface area contributed by atoms with E-state index in [4.69, 9.17) is 51.1 Å². The maximum absolute atomic E-state index is 7.00. The third-order valence-corrected chi connectivity index (χ3v) is 0. The first-order valence-corrected chi connectivity index (χ1v) is 4.47. The van der Waals surface area contributed by atoms with Gasteiger partial charge in [-0.25, -0.2) is 0 Å². The molecule has 280 N–H and O–H groups in total. The van der Waals surface area contributed by atoms with Gasteiger partial charge in [0.2, 0.25) is 0 Å². The van der Waals surface area contributed by atoms with Crippen LogP contribution in [0, 0.1) is 0 Å². The van der Waals surface area contributed by atoms with Crippen molar-refractivity contribution in [2.75, 3.05) is 71.1 Å². The molecule has 0 rings (SSSR count). The summed E-state index contributed by atoms with van der Waals surface area (Å²) in [6.45, 7) is 0. The zero-order valence-corrected chi connectivity index (χ0v) is 78.1. The molecule has 0 amide bonds. The normalized spacial score (nSPS) is 0.545. The van der Waals surface area contributed by atoms with Crippen molar-refractivity contribution in [3.63, 3.8) is 0 Å². The van der Waals surface area contributed by atoms with E-state index >= 15 is 0 Å². The Labute approximate surface area is 675 Å². The van der Waals surface area contributed by atoms with E-state index in [1.54, 1.807) is 0 Å². The van der Waals surface area contributed by atoms with E-state index in [0.717, 1.165) is 71.1 Å². The van der Waals surface area contributed by atoms with E-state index in [9.17, 15) is 0 Å². The summed E-state index contributed by atoms with van der Waals surface area (Å²) < 4.78 is 0. The highest BCUT2D eigenvalue weighted by molar-refractivity contribution is 3.19. The molecular weight excluding hydrogens is 1540 g/mol. The molecule has 0 radical (unpaired) electrons. The van der Waals surface area contributed by atoms with Crippen molar-refractivity contribution < 1.29 is 51.1 Å². The summed E-state index contributed by atoms with van der Waals surface area (Å²) in [7, 11) is 10.0. The number of rotatable bonds is 0.